The van der Waals surface area contributed by atoms with Crippen LogP contribution >= 0.6 is 0 Å². The van der Waals surface area contributed by atoms with Gasteiger partial charge in [-0.2, -0.15) is 0 Å². The highest BCUT2D eigenvalue weighted by Gasteiger charge is 2.06. The summed E-state index contributed by atoms with van der Waals surface area (Å²) in [5.41, 5.74) is 4.10. The predicted molar refractivity (Wildman–Crippen MR) is 108 cm³/mol. The maximum absolute atomic E-state index is 9.98. The van der Waals surface area contributed by atoms with Crippen molar-refractivity contribution in [2.45, 2.75) is 129 Å². The second-order valence-electron chi connectivity index (χ2n) is 7.38. The zero-order valence-corrected chi connectivity index (χ0v) is 16.8. The Labute approximate surface area is 152 Å². The van der Waals surface area contributed by atoms with Gasteiger partial charge < -0.3 is 5.11 Å². The zero-order valence-electron chi connectivity index (χ0n) is 16.8. The summed E-state index contributed by atoms with van der Waals surface area (Å²) in [6.07, 6.45) is 21.8. The fourth-order valence-corrected chi connectivity index (χ4v) is 3.30. The lowest BCUT2D eigenvalue weighted by molar-refractivity contribution is 0.160. The largest absolute Gasteiger partial charge is 0.393 e. The number of rotatable bonds is 18. The first-order chi connectivity index (χ1) is 11.7. The lowest BCUT2D eigenvalue weighted by atomic mass is 10.0. The second kappa shape index (κ2) is 18.8. The quantitative estimate of drug-likeness (QED) is 0.200. The Kier molecular flexibility index (Phi) is 18.4. The molecule has 0 rings (SSSR count). The van der Waals surface area contributed by atoms with E-state index in [2.05, 4.69) is 26.2 Å². The molecule has 1 atom stereocenters. The van der Waals surface area contributed by atoms with Crippen LogP contribution in [0.25, 0.3) is 0 Å². The lowest BCUT2D eigenvalue weighted by Gasteiger charge is -2.10. The number of aliphatic hydroxyl groups is 1. The fraction of sp³-hybridized carbons (Fsp3) is 0.870. The molecule has 0 amide bonds. The highest BCUT2D eigenvalue weighted by Crippen LogP contribution is 2.16. The van der Waals surface area contributed by atoms with Crippen molar-refractivity contribution in [1.82, 2.24) is 0 Å². The normalized spacial score (nSPS) is 12.1. The van der Waals surface area contributed by atoms with Gasteiger partial charge in [0.1, 0.15) is 0 Å². The van der Waals surface area contributed by atoms with Crippen LogP contribution in [-0.4, -0.2) is 11.2 Å². The predicted octanol–water partition coefficient (Wildman–Crippen LogP) is 7.73. The van der Waals surface area contributed by atoms with Gasteiger partial charge in [-0.05, 0) is 18.4 Å². The Morgan fingerprint density at radius 2 is 1.17 bits per heavy atom. The highest BCUT2D eigenvalue weighted by atomic mass is 16.3. The number of hydrogen-bond donors (Lipinski definition) is 1. The molecule has 0 saturated carbocycles. The molecule has 0 aliphatic rings. The first-order valence-corrected chi connectivity index (χ1v) is 10.8. The summed E-state index contributed by atoms with van der Waals surface area (Å²) in [5.74, 6) is 0. The molecule has 0 bridgehead atoms. The Bertz CT molecular complexity index is 301. The monoisotopic (exact) mass is 336 g/mol. The van der Waals surface area contributed by atoms with Crippen LogP contribution < -0.4 is 0 Å². The van der Waals surface area contributed by atoms with E-state index in [0.29, 0.717) is 0 Å². The first kappa shape index (κ1) is 23.5. The third kappa shape index (κ3) is 16.3. The van der Waals surface area contributed by atoms with Crippen molar-refractivity contribution in [2.24, 2.45) is 0 Å². The first-order valence-electron chi connectivity index (χ1n) is 10.8. The van der Waals surface area contributed by atoms with Crippen molar-refractivity contribution >= 4 is 0 Å². The molecule has 0 aromatic carbocycles. The van der Waals surface area contributed by atoms with Crippen LogP contribution in [0.5, 0.6) is 0 Å². The molecule has 0 aliphatic heterocycles. The van der Waals surface area contributed by atoms with E-state index in [-0.39, 0.29) is 6.10 Å². The molecule has 1 nitrogen and oxygen atoms in total. The van der Waals surface area contributed by atoms with Gasteiger partial charge in [-0.25, -0.2) is 0 Å². The molecule has 0 aromatic rings. The number of hydrogen-bond acceptors (Lipinski definition) is 1. The van der Waals surface area contributed by atoms with Crippen molar-refractivity contribution in [3.63, 3.8) is 0 Å². The molecule has 142 valence electrons. The highest BCUT2D eigenvalue weighted by molar-refractivity contribution is 4.99. The van der Waals surface area contributed by atoms with Gasteiger partial charge in [0, 0.05) is 6.42 Å². The molecule has 0 fully saturated rings. The Morgan fingerprint density at radius 1 is 0.750 bits per heavy atom. The minimum absolute atomic E-state index is 0.188. The van der Waals surface area contributed by atoms with Crippen LogP contribution in [0.4, 0.5) is 0 Å². The molecule has 24 heavy (non-hydrogen) atoms. The fourth-order valence-electron chi connectivity index (χ4n) is 3.30. The van der Waals surface area contributed by atoms with Crippen molar-refractivity contribution in [3.8, 4) is 0 Å². The molecule has 1 N–H and O–H groups in total. The zero-order chi connectivity index (χ0) is 17.9. The minimum Gasteiger partial charge on any atom is -0.393 e. The minimum atomic E-state index is -0.188. The molecular weight excluding hydrogens is 292 g/mol. The number of unbranched alkanes of at least 4 members (excludes halogenated alkanes) is 13. The summed E-state index contributed by atoms with van der Waals surface area (Å²) >= 11 is 0. The summed E-state index contributed by atoms with van der Waals surface area (Å²) in [4.78, 5) is 0. The van der Waals surface area contributed by atoms with Crippen molar-refractivity contribution < 1.29 is 5.11 Å². The van der Waals surface area contributed by atoms with Crippen LogP contribution in [-0.2, 0) is 0 Å². The van der Waals surface area contributed by atoms with Crippen LogP contribution in [0, 0.1) is 0 Å². The maximum atomic E-state index is 9.98. The van der Waals surface area contributed by atoms with E-state index in [1.807, 2.05) is 0 Å². The number of aliphatic hydroxyl groups excluding tert-OH is 1. The third-order valence-corrected chi connectivity index (χ3v) is 5.05. The van der Waals surface area contributed by atoms with Gasteiger partial charge in [0.2, 0.25) is 0 Å². The molecule has 0 saturated heterocycles. The molecule has 0 spiro atoms. The maximum Gasteiger partial charge on any atom is 0.0583 e. The third-order valence-electron chi connectivity index (χ3n) is 5.05. The van der Waals surface area contributed by atoms with E-state index in [4.69, 9.17) is 0 Å². The van der Waals surface area contributed by atoms with Crippen molar-refractivity contribution in [1.29, 1.82) is 0 Å². The van der Waals surface area contributed by atoms with E-state index in [0.717, 1.165) is 31.3 Å². The van der Waals surface area contributed by atoms with Crippen LogP contribution in [0.1, 0.15) is 123 Å². The summed E-state index contributed by atoms with van der Waals surface area (Å²) in [6, 6.07) is 0. The Morgan fingerprint density at radius 3 is 1.54 bits per heavy atom. The molecule has 1 unspecified atom stereocenters. The Hall–Kier alpha value is -0.520. The topological polar surface area (TPSA) is 20.2 Å². The molecule has 0 aliphatic carbocycles. The second-order valence-corrected chi connectivity index (χ2v) is 7.38. The summed E-state index contributed by atoms with van der Waals surface area (Å²) in [7, 11) is 0. The standard InChI is InChI=1S/C23H44O/c1-4-7-8-9-10-11-12-13-14-15-16-17-18-19-20-23(24)21-22(5-2)6-3/h23-24H,2,4,6-21H2,1,3H3. The van der Waals surface area contributed by atoms with Crippen molar-refractivity contribution in [3.05, 3.63) is 17.9 Å². The van der Waals surface area contributed by atoms with Crippen molar-refractivity contribution in [2.75, 3.05) is 0 Å². The van der Waals surface area contributed by atoms with Crippen LogP contribution in [0.3, 0.4) is 0 Å². The summed E-state index contributed by atoms with van der Waals surface area (Å²) in [5, 5.41) is 9.98. The van der Waals surface area contributed by atoms with Gasteiger partial charge in [-0.15, -0.1) is 5.73 Å². The lowest BCUT2D eigenvalue weighted by Crippen LogP contribution is -2.07. The van der Waals surface area contributed by atoms with Gasteiger partial charge >= 0.3 is 0 Å². The van der Waals surface area contributed by atoms with Gasteiger partial charge in [0.25, 0.3) is 0 Å². The van der Waals surface area contributed by atoms with Gasteiger partial charge in [0.05, 0.1) is 6.10 Å². The average Bonchev–Trinajstić information content (AvgIpc) is 2.60. The Balaban J connectivity index is 3.21. The van der Waals surface area contributed by atoms with E-state index in [1.54, 1.807) is 0 Å². The molecule has 1 heteroatoms. The van der Waals surface area contributed by atoms with E-state index < -0.39 is 0 Å². The summed E-state index contributed by atoms with van der Waals surface area (Å²) in [6.45, 7) is 8.07. The summed E-state index contributed by atoms with van der Waals surface area (Å²) < 4.78 is 0. The molecular formula is C23H44O. The van der Waals surface area contributed by atoms with Gasteiger partial charge in [-0.1, -0.05) is 110 Å². The smallest absolute Gasteiger partial charge is 0.0583 e. The van der Waals surface area contributed by atoms with Gasteiger partial charge in [-0.3, -0.25) is 0 Å². The molecule has 0 radical (unpaired) electrons. The van der Waals surface area contributed by atoms with E-state index in [9.17, 15) is 5.11 Å². The van der Waals surface area contributed by atoms with Gasteiger partial charge in [0.15, 0.2) is 0 Å². The molecule has 0 heterocycles. The van der Waals surface area contributed by atoms with Crippen LogP contribution in [0.2, 0.25) is 0 Å². The average molecular weight is 337 g/mol. The van der Waals surface area contributed by atoms with E-state index in [1.165, 1.54) is 83.5 Å². The molecule has 0 aromatic heterocycles. The van der Waals surface area contributed by atoms with Crippen LogP contribution in [0.15, 0.2) is 17.9 Å². The van der Waals surface area contributed by atoms with E-state index >= 15 is 0 Å². The SMILES string of the molecule is C=C=C(CC)CC(O)CCCCCCCCCCCCCCCC.